The third kappa shape index (κ3) is 8.27. The monoisotopic (exact) mass is 450 g/mol. The number of carbonyl (C=O) groups excluding carboxylic acids is 3. The molecule has 0 fully saturated rings. The lowest BCUT2D eigenvalue weighted by Crippen LogP contribution is -2.60. The van der Waals surface area contributed by atoms with Crippen molar-refractivity contribution in [2.75, 3.05) is 0 Å². The molecule has 3 amide bonds. The fourth-order valence-corrected chi connectivity index (χ4v) is 2.95. The van der Waals surface area contributed by atoms with Crippen LogP contribution in [0.5, 0.6) is 0 Å². The first-order chi connectivity index (χ1) is 15.0. The molecule has 0 heterocycles. The first kappa shape index (κ1) is 27.1. The van der Waals surface area contributed by atoms with E-state index in [1.54, 1.807) is 37.3 Å². The minimum atomic E-state index is -1.34. The number of aliphatic carboxylic acids is 1. The molecular formula is C22H34N4O6. The van der Waals surface area contributed by atoms with Crippen molar-refractivity contribution in [1.82, 2.24) is 16.0 Å². The van der Waals surface area contributed by atoms with Gasteiger partial charge in [-0.25, -0.2) is 4.79 Å². The van der Waals surface area contributed by atoms with Gasteiger partial charge in [0.1, 0.15) is 18.1 Å². The number of amides is 3. The lowest BCUT2D eigenvalue weighted by molar-refractivity contribution is -0.144. The molecule has 0 aliphatic rings. The standard InChI is InChI=1S/C22H34N4O6/c1-5-12(2)17(22(31)32)25-20(29)16(11-15-9-7-6-8-10-15)24-21(30)18(14(4)27)26-19(28)13(3)23/h6-10,12-14,16-18,27H,5,11,23H2,1-4H3,(H,24,30)(H,25,29)(H,26,28)(H,31,32). The van der Waals surface area contributed by atoms with Gasteiger partial charge in [0.2, 0.25) is 17.7 Å². The van der Waals surface area contributed by atoms with Crippen LogP contribution in [0, 0.1) is 5.92 Å². The van der Waals surface area contributed by atoms with E-state index in [1.807, 2.05) is 6.92 Å². The molecule has 32 heavy (non-hydrogen) atoms. The van der Waals surface area contributed by atoms with Crippen LogP contribution >= 0.6 is 0 Å². The van der Waals surface area contributed by atoms with Gasteiger partial charge >= 0.3 is 5.97 Å². The zero-order chi connectivity index (χ0) is 24.4. The molecule has 7 N–H and O–H groups in total. The van der Waals surface area contributed by atoms with E-state index in [4.69, 9.17) is 5.73 Å². The van der Waals surface area contributed by atoms with Gasteiger partial charge in [0.15, 0.2) is 0 Å². The van der Waals surface area contributed by atoms with E-state index in [2.05, 4.69) is 16.0 Å². The van der Waals surface area contributed by atoms with Gasteiger partial charge in [0.25, 0.3) is 0 Å². The van der Waals surface area contributed by atoms with Gasteiger partial charge < -0.3 is 31.9 Å². The number of hydrogen-bond donors (Lipinski definition) is 6. The molecule has 1 aromatic rings. The molecule has 0 bridgehead atoms. The summed E-state index contributed by atoms with van der Waals surface area (Å²) in [6, 6.07) is 4.35. The Morgan fingerprint density at radius 3 is 1.94 bits per heavy atom. The summed E-state index contributed by atoms with van der Waals surface area (Å²) in [6.45, 7) is 6.27. The Kier molecular flexibility index (Phi) is 10.8. The summed E-state index contributed by atoms with van der Waals surface area (Å²) in [6.07, 6.45) is -0.649. The van der Waals surface area contributed by atoms with Crippen LogP contribution in [0.1, 0.15) is 39.7 Å². The highest BCUT2D eigenvalue weighted by Crippen LogP contribution is 2.10. The molecule has 6 unspecified atom stereocenters. The van der Waals surface area contributed by atoms with Crippen LogP contribution < -0.4 is 21.7 Å². The second kappa shape index (κ2) is 12.8. The molecular weight excluding hydrogens is 416 g/mol. The predicted molar refractivity (Wildman–Crippen MR) is 118 cm³/mol. The number of hydrogen-bond acceptors (Lipinski definition) is 6. The van der Waals surface area contributed by atoms with E-state index in [0.717, 1.165) is 5.56 Å². The molecule has 0 radical (unpaired) electrons. The van der Waals surface area contributed by atoms with Crippen molar-refractivity contribution in [3.8, 4) is 0 Å². The number of aliphatic hydroxyl groups is 1. The molecule has 0 aromatic heterocycles. The van der Waals surface area contributed by atoms with Gasteiger partial charge in [-0.15, -0.1) is 0 Å². The molecule has 10 nitrogen and oxygen atoms in total. The second-order valence-corrected chi connectivity index (χ2v) is 7.98. The van der Waals surface area contributed by atoms with Crippen LogP contribution in [0.15, 0.2) is 30.3 Å². The van der Waals surface area contributed by atoms with Crippen molar-refractivity contribution in [3.05, 3.63) is 35.9 Å². The average molecular weight is 451 g/mol. The van der Waals surface area contributed by atoms with E-state index in [-0.39, 0.29) is 12.3 Å². The van der Waals surface area contributed by atoms with Gasteiger partial charge in [0, 0.05) is 6.42 Å². The van der Waals surface area contributed by atoms with Crippen LogP contribution in [0.2, 0.25) is 0 Å². The smallest absolute Gasteiger partial charge is 0.326 e. The summed E-state index contributed by atoms with van der Waals surface area (Å²) in [7, 11) is 0. The largest absolute Gasteiger partial charge is 0.480 e. The minimum Gasteiger partial charge on any atom is -0.480 e. The van der Waals surface area contributed by atoms with Gasteiger partial charge in [-0.05, 0) is 25.3 Å². The Morgan fingerprint density at radius 1 is 0.906 bits per heavy atom. The Labute approximate surface area is 187 Å². The van der Waals surface area contributed by atoms with Gasteiger partial charge in [0.05, 0.1) is 12.1 Å². The maximum absolute atomic E-state index is 13.0. The predicted octanol–water partition coefficient (Wildman–Crippen LogP) is -0.458. The van der Waals surface area contributed by atoms with E-state index < -0.39 is 54.0 Å². The van der Waals surface area contributed by atoms with Crippen molar-refractivity contribution in [2.24, 2.45) is 11.7 Å². The number of nitrogens with two attached hydrogens (primary N) is 1. The first-order valence-corrected chi connectivity index (χ1v) is 10.6. The molecule has 1 rings (SSSR count). The van der Waals surface area contributed by atoms with Crippen LogP contribution in [0.25, 0.3) is 0 Å². The van der Waals surface area contributed by atoms with Crippen molar-refractivity contribution in [1.29, 1.82) is 0 Å². The summed E-state index contributed by atoms with van der Waals surface area (Å²) in [5.41, 5.74) is 6.25. The number of nitrogens with one attached hydrogen (secondary N) is 3. The second-order valence-electron chi connectivity index (χ2n) is 7.98. The zero-order valence-electron chi connectivity index (χ0n) is 18.9. The Bertz CT molecular complexity index is 784. The highest BCUT2D eigenvalue weighted by atomic mass is 16.4. The summed E-state index contributed by atoms with van der Waals surface area (Å²) < 4.78 is 0. The maximum Gasteiger partial charge on any atom is 0.326 e. The lowest BCUT2D eigenvalue weighted by atomic mass is 9.98. The number of carboxylic acid groups (broad SMARTS) is 1. The number of rotatable bonds is 12. The van der Waals surface area contributed by atoms with Gasteiger partial charge in [-0.2, -0.15) is 0 Å². The van der Waals surface area contributed by atoms with Crippen molar-refractivity contribution in [3.63, 3.8) is 0 Å². The molecule has 0 spiro atoms. The number of benzene rings is 1. The molecule has 178 valence electrons. The van der Waals surface area contributed by atoms with E-state index in [1.165, 1.54) is 13.8 Å². The van der Waals surface area contributed by atoms with Gasteiger partial charge in [-0.3, -0.25) is 14.4 Å². The number of aliphatic hydroxyl groups excluding tert-OH is 1. The zero-order valence-corrected chi connectivity index (χ0v) is 18.9. The summed E-state index contributed by atoms with van der Waals surface area (Å²) in [5.74, 6) is -3.63. The van der Waals surface area contributed by atoms with Crippen LogP contribution in [0.3, 0.4) is 0 Å². The SMILES string of the molecule is CCC(C)C(NC(=O)C(Cc1ccccc1)NC(=O)C(NC(=O)C(C)N)C(C)O)C(=O)O. The quantitative estimate of drug-likeness (QED) is 0.250. The van der Waals surface area contributed by atoms with E-state index in [0.29, 0.717) is 6.42 Å². The molecule has 0 aliphatic carbocycles. The summed E-state index contributed by atoms with van der Waals surface area (Å²) in [4.78, 5) is 49.4. The highest BCUT2D eigenvalue weighted by Gasteiger charge is 2.33. The number of carbonyl (C=O) groups is 4. The van der Waals surface area contributed by atoms with Crippen LogP contribution in [-0.2, 0) is 25.6 Å². The van der Waals surface area contributed by atoms with Crippen molar-refractivity contribution >= 4 is 23.7 Å². The average Bonchev–Trinajstić information content (AvgIpc) is 2.74. The van der Waals surface area contributed by atoms with Crippen molar-refractivity contribution in [2.45, 2.75) is 70.8 Å². The molecule has 0 saturated heterocycles. The highest BCUT2D eigenvalue weighted by molar-refractivity contribution is 5.94. The van der Waals surface area contributed by atoms with E-state index in [9.17, 15) is 29.4 Å². The fraction of sp³-hybridized carbons (Fsp3) is 0.545. The molecule has 10 heteroatoms. The normalized spacial score (nSPS) is 16.6. The van der Waals surface area contributed by atoms with Crippen LogP contribution in [0.4, 0.5) is 0 Å². The maximum atomic E-state index is 13.0. The van der Waals surface area contributed by atoms with Crippen molar-refractivity contribution < 1.29 is 29.4 Å². The third-order valence-corrected chi connectivity index (χ3v) is 5.17. The summed E-state index contributed by atoms with van der Waals surface area (Å²) >= 11 is 0. The topological polar surface area (TPSA) is 171 Å². The first-order valence-electron chi connectivity index (χ1n) is 10.6. The summed E-state index contributed by atoms with van der Waals surface area (Å²) in [5, 5.41) is 26.9. The fourth-order valence-electron chi connectivity index (χ4n) is 2.95. The third-order valence-electron chi connectivity index (χ3n) is 5.17. The Hall–Kier alpha value is -2.98. The Morgan fingerprint density at radius 2 is 1.47 bits per heavy atom. The molecule has 1 aromatic carbocycles. The Balaban J connectivity index is 3.11. The van der Waals surface area contributed by atoms with Gasteiger partial charge in [-0.1, -0.05) is 50.6 Å². The van der Waals surface area contributed by atoms with E-state index >= 15 is 0 Å². The molecule has 0 aliphatic heterocycles. The minimum absolute atomic E-state index is 0.0824. The molecule has 0 saturated carbocycles. The number of carboxylic acids is 1. The van der Waals surface area contributed by atoms with Crippen LogP contribution in [-0.4, -0.2) is 64.2 Å². The molecule has 6 atom stereocenters. The lowest BCUT2D eigenvalue weighted by Gasteiger charge is -2.27.